The Morgan fingerprint density at radius 2 is 2.08 bits per heavy atom. The van der Waals surface area contributed by atoms with Gasteiger partial charge in [-0.3, -0.25) is 9.36 Å². The lowest BCUT2D eigenvalue weighted by Crippen LogP contribution is -2.40. The summed E-state index contributed by atoms with van der Waals surface area (Å²) in [6.07, 6.45) is 2.56. The molecule has 1 aliphatic heterocycles. The molecule has 1 fully saturated rings. The Kier molecular flexibility index (Phi) is 6.91. The van der Waals surface area contributed by atoms with Crippen molar-refractivity contribution in [1.29, 1.82) is 0 Å². The molecule has 1 N–H and O–H groups in total. The zero-order valence-corrected chi connectivity index (χ0v) is 15.9. The second kappa shape index (κ2) is 8.71. The van der Waals surface area contributed by atoms with Crippen LogP contribution >= 0.6 is 17.9 Å². The first-order valence-corrected chi connectivity index (χ1v) is 9.24. The van der Waals surface area contributed by atoms with Crippen molar-refractivity contribution < 1.29 is 19.0 Å². The fraction of sp³-hybridized carbons (Fsp3) is 0.471. The molecule has 1 aliphatic rings. The van der Waals surface area contributed by atoms with E-state index in [0.717, 1.165) is 30.4 Å². The molecule has 0 radical (unpaired) electrons. The Hall–Kier alpha value is -1.28. The largest absolute Gasteiger partial charge is 0.480 e. The van der Waals surface area contributed by atoms with Gasteiger partial charge in [0.1, 0.15) is 5.75 Å². The Balaban J connectivity index is 2.27. The molecule has 1 aromatic rings. The number of allylic oxidation sites excluding steroid dienone is 1. The summed E-state index contributed by atoms with van der Waals surface area (Å²) in [7, 11) is 1.95. The number of hydrogen-bond donors (Lipinski definition) is 1. The average molecular weight is 367 g/mol. The van der Waals surface area contributed by atoms with Crippen LogP contribution in [0.25, 0.3) is 5.57 Å². The lowest BCUT2D eigenvalue weighted by molar-refractivity contribution is 0.0679. The number of aliphatic hydroxyl groups is 1. The van der Waals surface area contributed by atoms with Gasteiger partial charge in [0, 0.05) is 25.3 Å². The summed E-state index contributed by atoms with van der Waals surface area (Å²) in [4.78, 5) is 14.7. The predicted molar refractivity (Wildman–Crippen MR) is 99.1 cm³/mol. The highest BCUT2D eigenvalue weighted by Crippen LogP contribution is 2.29. The van der Waals surface area contributed by atoms with Gasteiger partial charge in [0.25, 0.3) is 5.91 Å². The van der Waals surface area contributed by atoms with Crippen LogP contribution in [0.2, 0.25) is 0 Å². The number of nitrogens with zero attached hydrogens (tertiary/aromatic N) is 1. The Morgan fingerprint density at radius 3 is 2.58 bits per heavy atom. The molecular formula is C17H23NO4P2. The maximum Gasteiger partial charge on any atom is 0.254 e. The maximum atomic E-state index is 12.9. The van der Waals surface area contributed by atoms with Crippen molar-refractivity contribution in [2.75, 3.05) is 19.7 Å². The van der Waals surface area contributed by atoms with Crippen LogP contribution in [0.5, 0.6) is 5.75 Å². The van der Waals surface area contributed by atoms with Crippen LogP contribution in [-0.2, 0) is 4.57 Å². The SMILES string of the molecule is C=C(C)c1cc(C(=O)N2CCC(CCO)CC2)c(P=O)cc1OP. The summed E-state index contributed by atoms with van der Waals surface area (Å²) in [5.74, 6) is 0.882. The third kappa shape index (κ3) is 4.22. The van der Waals surface area contributed by atoms with Crippen LogP contribution < -0.4 is 9.83 Å². The van der Waals surface area contributed by atoms with Crippen molar-refractivity contribution in [3.63, 3.8) is 0 Å². The number of carbonyl (C=O) groups excluding carboxylic acids is 1. The van der Waals surface area contributed by atoms with Gasteiger partial charge in [0.15, 0.2) is 8.46 Å². The van der Waals surface area contributed by atoms with Gasteiger partial charge in [-0.1, -0.05) is 6.58 Å². The molecule has 0 saturated carbocycles. The Labute approximate surface area is 146 Å². The molecule has 0 aliphatic carbocycles. The third-order valence-electron chi connectivity index (χ3n) is 4.45. The first kappa shape index (κ1) is 19.1. The van der Waals surface area contributed by atoms with Crippen LogP contribution in [0.4, 0.5) is 0 Å². The lowest BCUT2D eigenvalue weighted by atomic mass is 9.93. The number of aliphatic hydroxyl groups excluding tert-OH is 1. The van der Waals surface area contributed by atoms with E-state index >= 15 is 0 Å². The fourth-order valence-electron chi connectivity index (χ4n) is 3.02. The molecule has 2 rings (SSSR count). The predicted octanol–water partition coefficient (Wildman–Crippen LogP) is 3.04. The third-order valence-corrected chi connectivity index (χ3v) is 5.27. The quantitative estimate of drug-likeness (QED) is 0.785. The normalized spacial score (nSPS) is 15.5. The topological polar surface area (TPSA) is 66.8 Å². The number of hydrogen-bond acceptors (Lipinski definition) is 4. The van der Waals surface area contributed by atoms with Gasteiger partial charge >= 0.3 is 0 Å². The zero-order valence-electron chi connectivity index (χ0n) is 13.8. The van der Waals surface area contributed by atoms with E-state index in [0.29, 0.717) is 35.6 Å². The van der Waals surface area contributed by atoms with Crippen molar-refractivity contribution in [2.45, 2.75) is 26.2 Å². The van der Waals surface area contributed by atoms with E-state index in [1.54, 1.807) is 17.0 Å². The highest BCUT2D eigenvalue weighted by molar-refractivity contribution is 7.34. The number of carbonyl (C=O) groups is 1. The van der Waals surface area contributed by atoms with Crippen LogP contribution in [-0.4, -0.2) is 35.6 Å². The van der Waals surface area contributed by atoms with Gasteiger partial charge in [-0.2, -0.15) is 0 Å². The zero-order chi connectivity index (χ0) is 17.7. The van der Waals surface area contributed by atoms with E-state index in [9.17, 15) is 9.36 Å². The molecule has 1 saturated heterocycles. The highest BCUT2D eigenvalue weighted by atomic mass is 31.1. The molecule has 1 amide bonds. The first-order valence-electron chi connectivity index (χ1n) is 7.96. The molecule has 0 bridgehead atoms. The van der Waals surface area contributed by atoms with Crippen LogP contribution in [0.3, 0.4) is 0 Å². The maximum absolute atomic E-state index is 12.9. The van der Waals surface area contributed by atoms with Crippen molar-refractivity contribution in [3.05, 3.63) is 29.8 Å². The van der Waals surface area contributed by atoms with Crippen LogP contribution in [0.15, 0.2) is 18.7 Å². The highest BCUT2D eigenvalue weighted by Gasteiger charge is 2.26. The van der Waals surface area contributed by atoms with Gasteiger partial charge < -0.3 is 14.5 Å². The summed E-state index contributed by atoms with van der Waals surface area (Å²) in [5, 5.41) is 9.45. The van der Waals surface area contributed by atoms with Crippen molar-refractivity contribution in [3.8, 4) is 5.75 Å². The molecule has 24 heavy (non-hydrogen) atoms. The summed E-state index contributed by atoms with van der Waals surface area (Å²) in [6, 6.07) is 3.33. The van der Waals surface area contributed by atoms with E-state index in [1.165, 1.54) is 0 Å². The van der Waals surface area contributed by atoms with E-state index in [1.807, 2.05) is 6.92 Å². The standard InChI is InChI=1S/C17H23NO4P2/c1-11(2)13-9-14(16(24-21)10-15(13)22-23)17(20)18-6-3-12(4-7-18)5-8-19/h9-10,12,19H,1,3-8,23H2,2H3. The van der Waals surface area contributed by atoms with Gasteiger partial charge in [-0.05, 0) is 49.8 Å². The Morgan fingerprint density at radius 1 is 1.42 bits per heavy atom. The molecule has 1 aromatic carbocycles. The van der Waals surface area contributed by atoms with Crippen LogP contribution in [0.1, 0.15) is 42.1 Å². The molecule has 1 unspecified atom stereocenters. The molecule has 1 atom stereocenters. The first-order chi connectivity index (χ1) is 11.5. The number of rotatable bonds is 6. The second-order valence-electron chi connectivity index (χ2n) is 6.10. The van der Waals surface area contributed by atoms with Gasteiger partial charge in [-0.15, -0.1) is 0 Å². The minimum atomic E-state index is -0.216. The summed E-state index contributed by atoms with van der Waals surface area (Å²) < 4.78 is 16.7. The minimum Gasteiger partial charge on any atom is -0.480 e. The Bertz CT molecular complexity index is 640. The molecule has 7 heteroatoms. The van der Waals surface area contributed by atoms with Crippen molar-refractivity contribution in [1.82, 2.24) is 4.90 Å². The molecule has 130 valence electrons. The lowest BCUT2D eigenvalue weighted by Gasteiger charge is -2.32. The van der Waals surface area contributed by atoms with E-state index in [-0.39, 0.29) is 21.0 Å². The van der Waals surface area contributed by atoms with Gasteiger partial charge in [0.05, 0.1) is 20.3 Å². The number of benzene rings is 1. The van der Waals surface area contributed by atoms with Gasteiger partial charge in [-0.25, -0.2) is 0 Å². The van der Waals surface area contributed by atoms with E-state index in [2.05, 4.69) is 16.0 Å². The number of amides is 1. The number of piperidine rings is 1. The molecule has 1 heterocycles. The fourth-order valence-corrected chi connectivity index (χ4v) is 3.65. The summed E-state index contributed by atoms with van der Waals surface area (Å²) >= 11 is 0. The van der Waals surface area contributed by atoms with E-state index < -0.39 is 0 Å². The van der Waals surface area contributed by atoms with Gasteiger partial charge in [0.2, 0.25) is 0 Å². The summed E-state index contributed by atoms with van der Waals surface area (Å²) in [6.45, 7) is 7.26. The van der Waals surface area contributed by atoms with Crippen molar-refractivity contribution in [2.24, 2.45) is 5.92 Å². The number of likely N-dealkylation sites (tertiary alicyclic amines) is 1. The van der Waals surface area contributed by atoms with E-state index in [4.69, 9.17) is 9.63 Å². The minimum absolute atomic E-state index is 0.117. The second-order valence-corrected chi connectivity index (χ2v) is 7.00. The molecule has 5 nitrogen and oxygen atoms in total. The molecule has 0 aromatic heterocycles. The monoisotopic (exact) mass is 367 g/mol. The average Bonchev–Trinajstić information content (AvgIpc) is 2.60. The molecule has 0 spiro atoms. The van der Waals surface area contributed by atoms with Crippen LogP contribution in [0, 0.1) is 5.92 Å². The van der Waals surface area contributed by atoms with Crippen molar-refractivity contribution >= 4 is 34.7 Å². The summed E-state index contributed by atoms with van der Waals surface area (Å²) in [5.41, 5.74) is 1.93. The smallest absolute Gasteiger partial charge is 0.254 e. The molecular weight excluding hydrogens is 344 g/mol.